The second kappa shape index (κ2) is 5.55. The molecule has 2 aromatic rings. The smallest absolute Gasteiger partial charge is 0.134 e. The Kier molecular flexibility index (Phi) is 3.59. The topological polar surface area (TPSA) is 65.9 Å². The highest BCUT2D eigenvalue weighted by Gasteiger charge is 2.29. The number of nitriles is 1. The minimum absolute atomic E-state index is 0.430. The molecule has 2 N–H and O–H groups in total. The first kappa shape index (κ1) is 13.6. The van der Waals surface area contributed by atoms with Gasteiger partial charge in [-0.3, -0.25) is 0 Å². The van der Waals surface area contributed by atoms with E-state index in [2.05, 4.69) is 34.2 Å². The molecule has 1 aromatic carbocycles. The van der Waals surface area contributed by atoms with Crippen molar-refractivity contribution in [3.05, 3.63) is 53.2 Å². The molecule has 0 saturated heterocycles. The monoisotopic (exact) mass is 278 g/mol. The predicted molar refractivity (Wildman–Crippen MR) is 83.5 cm³/mol. The third-order valence-corrected chi connectivity index (χ3v) is 3.93. The molecule has 1 atom stereocenters. The van der Waals surface area contributed by atoms with Crippen LogP contribution in [0.5, 0.6) is 0 Å². The van der Waals surface area contributed by atoms with Crippen molar-refractivity contribution in [1.82, 2.24) is 4.98 Å². The Morgan fingerprint density at radius 2 is 2.19 bits per heavy atom. The maximum Gasteiger partial charge on any atom is 0.134 e. The van der Waals surface area contributed by atoms with E-state index in [0.29, 0.717) is 18.0 Å². The van der Waals surface area contributed by atoms with Gasteiger partial charge in [0.15, 0.2) is 0 Å². The molecule has 4 heteroatoms. The van der Waals surface area contributed by atoms with Crippen LogP contribution >= 0.6 is 0 Å². The van der Waals surface area contributed by atoms with Crippen LogP contribution in [-0.4, -0.2) is 18.1 Å². The van der Waals surface area contributed by atoms with Crippen molar-refractivity contribution in [1.29, 1.82) is 5.26 Å². The fourth-order valence-corrected chi connectivity index (χ4v) is 3.01. The second-order valence-corrected chi connectivity index (χ2v) is 5.41. The minimum Gasteiger partial charge on any atom is -0.330 e. The molecule has 0 saturated carbocycles. The largest absolute Gasteiger partial charge is 0.330 e. The van der Waals surface area contributed by atoms with Gasteiger partial charge in [0, 0.05) is 23.8 Å². The Labute approximate surface area is 124 Å². The maximum absolute atomic E-state index is 9.15. The van der Waals surface area contributed by atoms with E-state index < -0.39 is 0 Å². The third kappa shape index (κ3) is 2.48. The minimum atomic E-state index is 0.430. The number of benzene rings is 1. The van der Waals surface area contributed by atoms with Crippen LogP contribution < -0.4 is 10.6 Å². The summed E-state index contributed by atoms with van der Waals surface area (Å²) in [6.07, 6.45) is 0.963. The molecule has 1 aliphatic heterocycles. The lowest BCUT2D eigenvalue weighted by atomic mass is 9.98. The van der Waals surface area contributed by atoms with Crippen molar-refractivity contribution in [2.24, 2.45) is 5.73 Å². The number of nitrogens with two attached hydrogens (primary N) is 1. The molecule has 0 radical (unpaired) electrons. The van der Waals surface area contributed by atoms with Crippen molar-refractivity contribution in [3.63, 3.8) is 0 Å². The third-order valence-electron chi connectivity index (χ3n) is 3.93. The molecule has 21 heavy (non-hydrogen) atoms. The summed E-state index contributed by atoms with van der Waals surface area (Å²) in [5, 5.41) is 9.15. The fourth-order valence-electron chi connectivity index (χ4n) is 3.01. The molecule has 0 fully saturated rings. The highest BCUT2D eigenvalue weighted by atomic mass is 15.2. The number of rotatable bonds is 3. The normalized spacial score (nSPS) is 16.6. The van der Waals surface area contributed by atoms with Crippen molar-refractivity contribution in [2.75, 3.05) is 18.0 Å². The first-order valence-electron chi connectivity index (χ1n) is 7.18. The Hall–Kier alpha value is -2.38. The average Bonchev–Trinajstić information content (AvgIpc) is 2.86. The van der Waals surface area contributed by atoms with E-state index in [0.717, 1.165) is 24.5 Å². The lowest BCUT2D eigenvalue weighted by Crippen LogP contribution is -2.18. The van der Waals surface area contributed by atoms with Gasteiger partial charge < -0.3 is 10.6 Å². The standard InChI is InChI=1S/C17H18N4/c1-12-8-13(10-19)9-17(20-12)21-11-14(6-7-18)15-4-2-3-5-16(15)21/h2-5,8-9,14H,6-7,11,18H2,1H3. The first-order chi connectivity index (χ1) is 10.2. The number of anilines is 2. The molecule has 0 aliphatic carbocycles. The molecule has 106 valence electrons. The Bertz CT molecular complexity index is 702. The summed E-state index contributed by atoms with van der Waals surface area (Å²) in [6, 6.07) is 14.3. The van der Waals surface area contributed by atoms with Crippen LogP contribution in [0.25, 0.3) is 0 Å². The summed E-state index contributed by atoms with van der Waals surface area (Å²) in [7, 11) is 0. The van der Waals surface area contributed by atoms with Crippen LogP contribution in [0, 0.1) is 18.3 Å². The van der Waals surface area contributed by atoms with E-state index in [1.54, 1.807) is 0 Å². The van der Waals surface area contributed by atoms with Crippen LogP contribution in [-0.2, 0) is 0 Å². The molecule has 1 unspecified atom stereocenters. The van der Waals surface area contributed by atoms with E-state index in [1.165, 1.54) is 11.3 Å². The second-order valence-electron chi connectivity index (χ2n) is 5.41. The van der Waals surface area contributed by atoms with Gasteiger partial charge in [-0.25, -0.2) is 4.98 Å². The van der Waals surface area contributed by atoms with Gasteiger partial charge in [-0.15, -0.1) is 0 Å². The lowest BCUT2D eigenvalue weighted by molar-refractivity contribution is 0.667. The van der Waals surface area contributed by atoms with Gasteiger partial charge in [-0.05, 0) is 43.7 Å². The number of para-hydroxylation sites is 1. The van der Waals surface area contributed by atoms with Crippen molar-refractivity contribution < 1.29 is 0 Å². The fraction of sp³-hybridized carbons (Fsp3) is 0.294. The summed E-state index contributed by atoms with van der Waals surface area (Å²) >= 11 is 0. The van der Waals surface area contributed by atoms with Crippen molar-refractivity contribution in [3.8, 4) is 6.07 Å². The average molecular weight is 278 g/mol. The summed E-state index contributed by atoms with van der Waals surface area (Å²) in [5.41, 5.74) is 9.76. The van der Waals surface area contributed by atoms with Crippen molar-refractivity contribution >= 4 is 11.5 Å². The zero-order valence-electron chi connectivity index (χ0n) is 12.1. The molecular weight excluding hydrogens is 260 g/mol. The number of fused-ring (bicyclic) bond motifs is 1. The Morgan fingerprint density at radius 3 is 2.95 bits per heavy atom. The maximum atomic E-state index is 9.15. The number of hydrogen-bond acceptors (Lipinski definition) is 4. The summed E-state index contributed by atoms with van der Waals surface area (Å²) in [5.74, 6) is 1.28. The quantitative estimate of drug-likeness (QED) is 0.937. The van der Waals surface area contributed by atoms with E-state index in [-0.39, 0.29) is 0 Å². The van der Waals surface area contributed by atoms with Crippen LogP contribution in [0.1, 0.15) is 29.2 Å². The zero-order chi connectivity index (χ0) is 14.8. The first-order valence-corrected chi connectivity index (χ1v) is 7.18. The number of aromatic nitrogens is 1. The number of aryl methyl sites for hydroxylation is 1. The highest BCUT2D eigenvalue weighted by Crippen LogP contribution is 2.41. The summed E-state index contributed by atoms with van der Waals surface area (Å²) < 4.78 is 0. The number of nitrogens with zero attached hydrogens (tertiary/aromatic N) is 3. The van der Waals surface area contributed by atoms with Gasteiger partial charge in [-0.2, -0.15) is 5.26 Å². The lowest BCUT2D eigenvalue weighted by Gasteiger charge is -2.19. The molecule has 1 aliphatic rings. The van der Waals surface area contributed by atoms with E-state index in [1.807, 2.05) is 25.1 Å². The Balaban J connectivity index is 2.04. The van der Waals surface area contributed by atoms with Crippen LogP contribution in [0.3, 0.4) is 0 Å². The predicted octanol–water partition coefficient (Wildman–Crippen LogP) is 2.85. The highest BCUT2D eigenvalue weighted by molar-refractivity contribution is 5.69. The van der Waals surface area contributed by atoms with E-state index in [9.17, 15) is 0 Å². The van der Waals surface area contributed by atoms with Crippen LogP contribution in [0.4, 0.5) is 11.5 Å². The number of hydrogen-bond donors (Lipinski definition) is 1. The molecule has 3 rings (SSSR count). The molecular formula is C17H18N4. The summed E-state index contributed by atoms with van der Waals surface area (Å²) in [6.45, 7) is 3.47. The molecule has 2 heterocycles. The van der Waals surface area contributed by atoms with Crippen LogP contribution in [0.2, 0.25) is 0 Å². The van der Waals surface area contributed by atoms with E-state index >= 15 is 0 Å². The Morgan fingerprint density at radius 1 is 1.38 bits per heavy atom. The SMILES string of the molecule is Cc1cc(C#N)cc(N2CC(CCN)c3ccccc32)n1. The molecule has 4 nitrogen and oxygen atoms in total. The summed E-state index contributed by atoms with van der Waals surface area (Å²) in [4.78, 5) is 6.80. The van der Waals surface area contributed by atoms with Crippen LogP contribution in [0.15, 0.2) is 36.4 Å². The molecule has 0 spiro atoms. The van der Waals surface area contributed by atoms with Gasteiger partial charge in [0.1, 0.15) is 5.82 Å². The number of pyridine rings is 1. The zero-order valence-corrected chi connectivity index (χ0v) is 12.1. The van der Waals surface area contributed by atoms with Gasteiger partial charge in [-0.1, -0.05) is 18.2 Å². The van der Waals surface area contributed by atoms with Crippen molar-refractivity contribution in [2.45, 2.75) is 19.3 Å². The van der Waals surface area contributed by atoms with Gasteiger partial charge >= 0.3 is 0 Å². The van der Waals surface area contributed by atoms with Gasteiger partial charge in [0.2, 0.25) is 0 Å². The molecule has 0 amide bonds. The van der Waals surface area contributed by atoms with E-state index in [4.69, 9.17) is 11.0 Å². The molecule has 1 aromatic heterocycles. The molecule has 0 bridgehead atoms. The van der Waals surface area contributed by atoms with Gasteiger partial charge in [0.25, 0.3) is 0 Å². The van der Waals surface area contributed by atoms with Gasteiger partial charge in [0.05, 0.1) is 11.6 Å².